The van der Waals surface area contributed by atoms with Crippen LogP contribution in [0.15, 0.2) is 0 Å². The molecule has 0 bridgehead atoms. The number of hydrogen-bond acceptors (Lipinski definition) is 1. The first-order chi connectivity index (χ1) is 4.27. The minimum atomic E-state index is 0. The predicted molar refractivity (Wildman–Crippen MR) is 37.3 cm³/mol. The summed E-state index contributed by atoms with van der Waals surface area (Å²) in [5, 5.41) is 0. The molecule has 1 saturated heterocycles. The molecule has 62 valence electrons. The van der Waals surface area contributed by atoms with E-state index >= 15 is 0 Å². The second-order valence-electron chi connectivity index (χ2n) is 3.00. The van der Waals surface area contributed by atoms with Crippen molar-refractivity contribution >= 4 is 0 Å². The van der Waals surface area contributed by atoms with Gasteiger partial charge < -0.3 is 26.2 Å². The summed E-state index contributed by atoms with van der Waals surface area (Å²) in [6.45, 7) is 7.76. The first-order valence-electron chi connectivity index (χ1n) is 3.68. The second-order valence-corrected chi connectivity index (χ2v) is 3.00. The largest absolute Gasteiger partial charge is 1.00 e. The Labute approximate surface area is 73.5 Å². The van der Waals surface area contributed by atoms with E-state index in [4.69, 9.17) is 4.74 Å². The minimum absolute atomic E-state index is 0. The summed E-state index contributed by atoms with van der Waals surface area (Å²) in [4.78, 5) is 0. The van der Waals surface area contributed by atoms with Crippen LogP contribution >= 0.6 is 0 Å². The SMILES string of the molecule is CC[N+]1(C)CCOCC1.[Br-]. The van der Waals surface area contributed by atoms with Gasteiger partial charge in [-0.15, -0.1) is 0 Å². The summed E-state index contributed by atoms with van der Waals surface area (Å²) < 4.78 is 6.45. The summed E-state index contributed by atoms with van der Waals surface area (Å²) in [7, 11) is 2.29. The van der Waals surface area contributed by atoms with E-state index in [1.807, 2.05) is 0 Å². The first-order valence-corrected chi connectivity index (χ1v) is 3.68. The third kappa shape index (κ3) is 2.56. The number of likely N-dealkylation sites (N-methyl/N-ethyl adjacent to an activating group) is 1. The van der Waals surface area contributed by atoms with Crippen LogP contribution in [0.5, 0.6) is 0 Å². The van der Waals surface area contributed by atoms with Crippen molar-refractivity contribution in [3.8, 4) is 0 Å². The molecule has 3 heteroatoms. The van der Waals surface area contributed by atoms with Crippen LogP contribution in [0.4, 0.5) is 0 Å². The average molecular weight is 210 g/mol. The molecule has 0 atom stereocenters. The van der Waals surface area contributed by atoms with Crippen LogP contribution < -0.4 is 17.0 Å². The molecular weight excluding hydrogens is 194 g/mol. The maximum absolute atomic E-state index is 5.25. The monoisotopic (exact) mass is 209 g/mol. The highest BCUT2D eigenvalue weighted by atomic mass is 79.9. The number of ether oxygens (including phenoxy) is 1. The zero-order valence-electron chi connectivity index (χ0n) is 6.77. The number of quaternary nitrogens is 1. The molecule has 0 spiro atoms. The molecule has 0 aromatic rings. The van der Waals surface area contributed by atoms with E-state index in [0.29, 0.717) is 0 Å². The zero-order valence-corrected chi connectivity index (χ0v) is 8.35. The molecule has 1 fully saturated rings. The number of hydrogen-bond donors (Lipinski definition) is 0. The van der Waals surface area contributed by atoms with Gasteiger partial charge in [-0.25, -0.2) is 0 Å². The number of nitrogens with zero attached hydrogens (tertiary/aromatic N) is 1. The van der Waals surface area contributed by atoms with E-state index in [1.54, 1.807) is 0 Å². The molecule has 0 aromatic carbocycles. The maximum Gasteiger partial charge on any atom is 0.102 e. The maximum atomic E-state index is 5.25. The second kappa shape index (κ2) is 4.31. The summed E-state index contributed by atoms with van der Waals surface area (Å²) in [6.07, 6.45) is 0. The Bertz CT molecular complexity index is 91.6. The number of morpholine rings is 1. The molecular formula is C7H16BrNO. The molecule has 1 aliphatic rings. The lowest BCUT2D eigenvalue weighted by atomic mass is 10.3. The minimum Gasteiger partial charge on any atom is -1.00 e. The topological polar surface area (TPSA) is 9.23 Å². The molecule has 0 N–H and O–H groups in total. The predicted octanol–water partition coefficient (Wildman–Crippen LogP) is -2.51. The van der Waals surface area contributed by atoms with Crippen molar-refractivity contribution < 1.29 is 26.2 Å². The Hall–Kier alpha value is 0.400. The molecule has 0 amide bonds. The highest BCUT2D eigenvalue weighted by molar-refractivity contribution is 4.43. The summed E-state index contributed by atoms with van der Waals surface area (Å²) in [5.41, 5.74) is 0. The Kier molecular flexibility index (Phi) is 4.49. The van der Waals surface area contributed by atoms with Crippen LogP contribution in [0.3, 0.4) is 0 Å². The molecule has 0 radical (unpaired) electrons. The normalized spacial score (nSPS) is 23.4. The van der Waals surface area contributed by atoms with Crippen molar-refractivity contribution in [3.05, 3.63) is 0 Å². The molecule has 0 aliphatic carbocycles. The van der Waals surface area contributed by atoms with Crippen molar-refractivity contribution in [1.82, 2.24) is 0 Å². The van der Waals surface area contributed by atoms with Crippen LogP contribution in [0.25, 0.3) is 0 Å². The summed E-state index contributed by atoms with van der Waals surface area (Å²) >= 11 is 0. The van der Waals surface area contributed by atoms with Crippen LogP contribution in [-0.4, -0.2) is 44.4 Å². The van der Waals surface area contributed by atoms with Gasteiger partial charge >= 0.3 is 0 Å². The summed E-state index contributed by atoms with van der Waals surface area (Å²) in [5.74, 6) is 0. The summed E-state index contributed by atoms with van der Waals surface area (Å²) in [6, 6.07) is 0. The zero-order chi connectivity index (χ0) is 6.74. The van der Waals surface area contributed by atoms with Crippen molar-refractivity contribution in [2.45, 2.75) is 6.92 Å². The van der Waals surface area contributed by atoms with Crippen LogP contribution in [0.1, 0.15) is 6.92 Å². The van der Waals surface area contributed by atoms with Crippen molar-refractivity contribution in [1.29, 1.82) is 0 Å². The Morgan fingerprint density at radius 2 is 1.80 bits per heavy atom. The fourth-order valence-corrected chi connectivity index (χ4v) is 1.10. The van der Waals surface area contributed by atoms with Gasteiger partial charge in [0.05, 0.1) is 26.8 Å². The molecule has 1 aliphatic heterocycles. The van der Waals surface area contributed by atoms with E-state index in [9.17, 15) is 0 Å². The van der Waals surface area contributed by atoms with Crippen molar-refractivity contribution in [2.24, 2.45) is 0 Å². The van der Waals surface area contributed by atoms with Gasteiger partial charge in [-0.2, -0.15) is 0 Å². The number of rotatable bonds is 1. The van der Waals surface area contributed by atoms with Crippen LogP contribution in [0.2, 0.25) is 0 Å². The van der Waals surface area contributed by atoms with Crippen molar-refractivity contribution in [3.63, 3.8) is 0 Å². The van der Waals surface area contributed by atoms with Gasteiger partial charge in [0, 0.05) is 0 Å². The molecule has 10 heavy (non-hydrogen) atoms. The third-order valence-corrected chi connectivity index (χ3v) is 2.31. The Morgan fingerprint density at radius 1 is 1.30 bits per heavy atom. The van der Waals surface area contributed by atoms with E-state index in [2.05, 4.69) is 14.0 Å². The fourth-order valence-electron chi connectivity index (χ4n) is 1.10. The molecule has 2 nitrogen and oxygen atoms in total. The standard InChI is InChI=1S/C7H16NO.BrH/c1-3-8(2)4-6-9-7-5-8;/h3-7H2,1-2H3;1H/q+1;/p-1. The van der Waals surface area contributed by atoms with Crippen LogP contribution in [-0.2, 0) is 4.74 Å². The van der Waals surface area contributed by atoms with E-state index in [1.165, 1.54) is 24.1 Å². The van der Waals surface area contributed by atoms with Gasteiger partial charge in [0.15, 0.2) is 0 Å². The lowest BCUT2D eigenvalue weighted by molar-refractivity contribution is -0.915. The van der Waals surface area contributed by atoms with Gasteiger partial charge in [0.2, 0.25) is 0 Å². The van der Waals surface area contributed by atoms with Gasteiger partial charge in [0.1, 0.15) is 13.1 Å². The average Bonchev–Trinajstić information content (AvgIpc) is 1.90. The van der Waals surface area contributed by atoms with Gasteiger partial charge in [0.25, 0.3) is 0 Å². The van der Waals surface area contributed by atoms with Crippen LogP contribution in [0, 0.1) is 0 Å². The molecule has 0 aromatic heterocycles. The number of halogens is 1. The molecule has 1 heterocycles. The molecule has 1 rings (SSSR count). The molecule has 0 saturated carbocycles. The Morgan fingerprint density at radius 3 is 2.10 bits per heavy atom. The highest BCUT2D eigenvalue weighted by Gasteiger charge is 2.21. The van der Waals surface area contributed by atoms with E-state index in [0.717, 1.165) is 13.2 Å². The first kappa shape index (κ1) is 10.4. The fraction of sp³-hybridized carbons (Fsp3) is 1.00. The smallest absolute Gasteiger partial charge is 0.102 e. The van der Waals surface area contributed by atoms with Gasteiger partial charge in [-0.1, -0.05) is 0 Å². The lowest BCUT2D eigenvalue weighted by Crippen LogP contribution is -3.00. The van der Waals surface area contributed by atoms with Gasteiger partial charge in [-0.3, -0.25) is 0 Å². The van der Waals surface area contributed by atoms with E-state index < -0.39 is 0 Å². The Balaban J connectivity index is 0.000000810. The lowest BCUT2D eigenvalue weighted by Gasteiger charge is -2.36. The quantitative estimate of drug-likeness (QED) is 0.434. The third-order valence-electron chi connectivity index (χ3n) is 2.31. The highest BCUT2D eigenvalue weighted by Crippen LogP contribution is 2.05. The van der Waals surface area contributed by atoms with Crippen molar-refractivity contribution in [2.75, 3.05) is 39.9 Å². The van der Waals surface area contributed by atoms with Gasteiger partial charge in [-0.05, 0) is 6.92 Å². The molecule has 0 unspecified atom stereocenters. The van der Waals surface area contributed by atoms with E-state index in [-0.39, 0.29) is 17.0 Å².